The van der Waals surface area contributed by atoms with Gasteiger partial charge in [-0.05, 0) is 47.5 Å². The molecule has 6 nitrogen and oxygen atoms in total. The SMILES string of the molecule is COc1ccc(-c2cn(S(=O)(=O)c3ccccc3)c3ncccc23)cc1OCc1ccccc1. The third-order valence-electron chi connectivity index (χ3n) is 5.54. The first-order valence-corrected chi connectivity index (χ1v) is 12.1. The molecule has 0 saturated heterocycles. The zero-order valence-electron chi connectivity index (χ0n) is 18.5. The van der Waals surface area contributed by atoms with E-state index in [1.54, 1.807) is 55.9 Å². The van der Waals surface area contributed by atoms with Crippen LogP contribution < -0.4 is 9.47 Å². The molecule has 34 heavy (non-hydrogen) atoms. The molecule has 0 bridgehead atoms. The van der Waals surface area contributed by atoms with Crippen LogP contribution in [0, 0.1) is 0 Å². The molecule has 3 aromatic carbocycles. The fourth-order valence-corrected chi connectivity index (χ4v) is 5.19. The van der Waals surface area contributed by atoms with Crippen LogP contribution in [0.15, 0.2) is 108 Å². The van der Waals surface area contributed by atoms with Gasteiger partial charge in [-0.2, -0.15) is 0 Å². The predicted molar refractivity (Wildman–Crippen MR) is 132 cm³/mol. The second-order valence-corrected chi connectivity index (χ2v) is 9.49. The van der Waals surface area contributed by atoms with Gasteiger partial charge in [0.25, 0.3) is 10.0 Å². The Hall–Kier alpha value is -4.10. The van der Waals surface area contributed by atoms with Crippen LogP contribution >= 0.6 is 0 Å². The highest BCUT2D eigenvalue weighted by Gasteiger charge is 2.23. The Bertz CT molecular complexity index is 1550. The van der Waals surface area contributed by atoms with Crippen LogP contribution in [0.4, 0.5) is 0 Å². The summed E-state index contributed by atoms with van der Waals surface area (Å²) in [5, 5.41) is 0.723. The van der Waals surface area contributed by atoms with Gasteiger partial charge in [-0.3, -0.25) is 0 Å². The summed E-state index contributed by atoms with van der Waals surface area (Å²) in [7, 11) is -2.23. The number of methoxy groups -OCH3 is 1. The molecule has 0 saturated carbocycles. The fourth-order valence-electron chi connectivity index (χ4n) is 3.84. The predicted octanol–water partition coefficient (Wildman–Crippen LogP) is 5.53. The molecule has 5 aromatic rings. The summed E-state index contributed by atoms with van der Waals surface area (Å²) >= 11 is 0. The lowest BCUT2D eigenvalue weighted by Crippen LogP contribution is -2.12. The highest BCUT2D eigenvalue weighted by atomic mass is 32.2. The molecule has 0 aliphatic carbocycles. The number of nitrogens with zero attached hydrogens (tertiary/aromatic N) is 2. The summed E-state index contributed by atoms with van der Waals surface area (Å²) in [6.45, 7) is 0.381. The van der Waals surface area contributed by atoms with Crippen molar-refractivity contribution in [3.63, 3.8) is 0 Å². The fraction of sp³-hybridized carbons (Fsp3) is 0.0741. The monoisotopic (exact) mass is 470 g/mol. The van der Waals surface area contributed by atoms with Gasteiger partial charge in [-0.25, -0.2) is 17.4 Å². The van der Waals surface area contributed by atoms with Crippen LogP contribution in [0.1, 0.15) is 5.56 Å². The highest BCUT2D eigenvalue weighted by molar-refractivity contribution is 7.90. The van der Waals surface area contributed by atoms with Crippen molar-refractivity contribution >= 4 is 21.1 Å². The Labute approximate surface area is 198 Å². The zero-order valence-corrected chi connectivity index (χ0v) is 19.3. The molecule has 0 amide bonds. The minimum absolute atomic E-state index is 0.200. The maximum atomic E-state index is 13.4. The van der Waals surface area contributed by atoms with Crippen molar-refractivity contribution in [2.24, 2.45) is 0 Å². The maximum Gasteiger partial charge on any atom is 0.269 e. The maximum absolute atomic E-state index is 13.4. The molecule has 0 aliphatic rings. The van der Waals surface area contributed by atoms with Gasteiger partial charge >= 0.3 is 0 Å². The normalized spacial score (nSPS) is 11.4. The summed E-state index contributed by atoms with van der Waals surface area (Å²) in [6.07, 6.45) is 3.20. The molecular weight excluding hydrogens is 448 g/mol. The molecule has 0 aliphatic heterocycles. The smallest absolute Gasteiger partial charge is 0.269 e. The number of pyridine rings is 1. The molecule has 0 radical (unpaired) electrons. The lowest BCUT2D eigenvalue weighted by atomic mass is 10.1. The molecule has 0 spiro atoms. The van der Waals surface area contributed by atoms with Gasteiger partial charge in [0, 0.05) is 23.3 Å². The number of benzene rings is 3. The number of aromatic nitrogens is 2. The van der Waals surface area contributed by atoms with Crippen LogP contribution in [0.5, 0.6) is 11.5 Å². The number of hydrogen-bond acceptors (Lipinski definition) is 5. The van der Waals surface area contributed by atoms with E-state index in [-0.39, 0.29) is 4.90 Å². The van der Waals surface area contributed by atoms with Crippen molar-refractivity contribution < 1.29 is 17.9 Å². The minimum Gasteiger partial charge on any atom is -0.493 e. The molecule has 0 N–H and O–H groups in total. The number of ether oxygens (including phenoxy) is 2. The van der Waals surface area contributed by atoms with Crippen molar-refractivity contribution in [2.75, 3.05) is 7.11 Å². The van der Waals surface area contributed by atoms with Crippen molar-refractivity contribution in [3.05, 3.63) is 109 Å². The van der Waals surface area contributed by atoms with E-state index in [0.29, 0.717) is 23.8 Å². The molecule has 2 aromatic heterocycles. The first-order chi connectivity index (χ1) is 16.6. The van der Waals surface area contributed by atoms with Gasteiger partial charge in [-0.15, -0.1) is 0 Å². The Balaban J connectivity index is 1.60. The number of hydrogen-bond donors (Lipinski definition) is 0. The second-order valence-electron chi connectivity index (χ2n) is 7.67. The molecule has 2 heterocycles. The van der Waals surface area contributed by atoms with Gasteiger partial charge in [0.2, 0.25) is 0 Å². The van der Waals surface area contributed by atoms with E-state index in [0.717, 1.165) is 22.1 Å². The Morgan fingerprint density at radius 1 is 0.853 bits per heavy atom. The first-order valence-electron chi connectivity index (χ1n) is 10.7. The Morgan fingerprint density at radius 2 is 1.59 bits per heavy atom. The average molecular weight is 471 g/mol. The van der Waals surface area contributed by atoms with E-state index in [2.05, 4.69) is 4.98 Å². The summed E-state index contributed by atoms with van der Waals surface area (Å²) in [6, 6.07) is 27.4. The molecule has 7 heteroatoms. The number of fused-ring (bicyclic) bond motifs is 1. The minimum atomic E-state index is -3.82. The Kier molecular flexibility index (Phi) is 5.77. The summed E-state index contributed by atoms with van der Waals surface area (Å²) in [4.78, 5) is 4.58. The van der Waals surface area contributed by atoms with E-state index in [1.165, 1.54) is 3.97 Å². The molecular formula is C27H22N2O4S. The quantitative estimate of drug-likeness (QED) is 0.313. The lowest BCUT2D eigenvalue weighted by molar-refractivity contribution is 0.284. The zero-order chi connectivity index (χ0) is 23.5. The van der Waals surface area contributed by atoms with Crippen molar-refractivity contribution in [3.8, 4) is 22.6 Å². The Morgan fingerprint density at radius 3 is 2.32 bits per heavy atom. The van der Waals surface area contributed by atoms with Crippen LogP contribution in [0.2, 0.25) is 0 Å². The van der Waals surface area contributed by atoms with Crippen LogP contribution in [0.25, 0.3) is 22.2 Å². The van der Waals surface area contributed by atoms with Gasteiger partial charge in [0.05, 0.1) is 12.0 Å². The largest absolute Gasteiger partial charge is 0.493 e. The number of rotatable bonds is 7. The average Bonchev–Trinajstić information content (AvgIpc) is 3.29. The standard InChI is InChI=1S/C27H22N2O4S/c1-32-25-15-14-21(17-26(25)33-19-20-9-4-2-5-10-20)24-18-29(27-23(24)13-8-16-28-27)34(30,31)22-11-6-3-7-12-22/h2-18H,19H2,1H3. The van der Waals surface area contributed by atoms with Gasteiger partial charge in [-0.1, -0.05) is 54.6 Å². The summed E-state index contributed by atoms with van der Waals surface area (Å²) < 4.78 is 39.6. The molecule has 0 unspecified atom stereocenters. The molecule has 5 rings (SSSR count). The highest BCUT2D eigenvalue weighted by Crippen LogP contribution is 2.37. The van der Waals surface area contributed by atoms with Gasteiger partial charge < -0.3 is 9.47 Å². The van der Waals surface area contributed by atoms with Crippen molar-refractivity contribution in [1.82, 2.24) is 8.96 Å². The molecule has 0 atom stereocenters. The summed E-state index contributed by atoms with van der Waals surface area (Å²) in [5.74, 6) is 1.16. The van der Waals surface area contributed by atoms with E-state index in [4.69, 9.17) is 9.47 Å². The third kappa shape index (κ3) is 4.02. The first kappa shape index (κ1) is 21.7. The van der Waals surface area contributed by atoms with E-state index >= 15 is 0 Å². The van der Waals surface area contributed by atoms with Crippen LogP contribution in [0.3, 0.4) is 0 Å². The van der Waals surface area contributed by atoms with Crippen LogP contribution in [-0.4, -0.2) is 24.5 Å². The van der Waals surface area contributed by atoms with E-state index < -0.39 is 10.0 Å². The van der Waals surface area contributed by atoms with E-state index in [9.17, 15) is 8.42 Å². The third-order valence-corrected chi connectivity index (χ3v) is 7.21. The topological polar surface area (TPSA) is 70.4 Å². The molecule has 170 valence electrons. The van der Waals surface area contributed by atoms with Gasteiger partial charge in [0.1, 0.15) is 6.61 Å². The van der Waals surface area contributed by atoms with Crippen LogP contribution in [-0.2, 0) is 16.6 Å². The lowest BCUT2D eigenvalue weighted by Gasteiger charge is -2.12. The summed E-state index contributed by atoms with van der Waals surface area (Å²) in [5.41, 5.74) is 2.92. The van der Waals surface area contributed by atoms with Crippen molar-refractivity contribution in [2.45, 2.75) is 11.5 Å². The van der Waals surface area contributed by atoms with E-state index in [1.807, 2.05) is 54.6 Å². The van der Waals surface area contributed by atoms with Crippen molar-refractivity contribution in [1.29, 1.82) is 0 Å². The second kappa shape index (κ2) is 9.03. The molecule has 0 fully saturated rings. The van der Waals surface area contributed by atoms with Gasteiger partial charge in [0.15, 0.2) is 17.1 Å².